The number of benzene rings is 2. The second-order valence-corrected chi connectivity index (χ2v) is 4.93. The van der Waals surface area contributed by atoms with E-state index in [2.05, 4.69) is 10.6 Å². The summed E-state index contributed by atoms with van der Waals surface area (Å²) in [5.74, 6) is -0.227. The number of hydrogen-bond acceptors (Lipinski definition) is 3. The summed E-state index contributed by atoms with van der Waals surface area (Å²) in [6.45, 7) is 2.01. The molecule has 0 saturated carbocycles. The number of halogens is 1. The van der Waals surface area contributed by atoms with Crippen molar-refractivity contribution in [2.75, 3.05) is 17.2 Å². The molecule has 0 unspecified atom stereocenters. The summed E-state index contributed by atoms with van der Waals surface area (Å²) in [6, 6.07) is 14.4. The number of nitrogens with zero attached hydrogens (tertiary/aromatic N) is 1. The molecular formula is C16H14ClN3O. The van der Waals surface area contributed by atoms with Crippen molar-refractivity contribution in [2.24, 2.45) is 0 Å². The van der Waals surface area contributed by atoms with Gasteiger partial charge in [-0.05, 0) is 36.8 Å². The number of carbonyl (C=O) groups excluding carboxylic acids is 1. The first-order chi connectivity index (χ1) is 10.1. The zero-order chi connectivity index (χ0) is 15.2. The average Bonchev–Trinajstić information content (AvgIpc) is 2.49. The molecule has 0 aliphatic rings. The van der Waals surface area contributed by atoms with Gasteiger partial charge in [0.2, 0.25) is 5.91 Å². The minimum atomic E-state index is -0.227. The molecule has 4 nitrogen and oxygen atoms in total. The number of hydrogen-bond donors (Lipinski definition) is 2. The van der Waals surface area contributed by atoms with Gasteiger partial charge in [-0.2, -0.15) is 5.26 Å². The third-order valence-electron chi connectivity index (χ3n) is 2.95. The molecule has 2 aromatic rings. The lowest BCUT2D eigenvalue weighted by molar-refractivity contribution is -0.114. The number of anilines is 2. The maximum atomic E-state index is 11.9. The highest BCUT2D eigenvalue weighted by molar-refractivity contribution is 6.31. The lowest BCUT2D eigenvalue weighted by atomic mass is 10.2. The zero-order valence-corrected chi connectivity index (χ0v) is 12.2. The van der Waals surface area contributed by atoms with Gasteiger partial charge in [0.15, 0.2) is 0 Å². The topological polar surface area (TPSA) is 64.9 Å². The van der Waals surface area contributed by atoms with Gasteiger partial charge in [-0.3, -0.25) is 4.79 Å². The highest BCUT2D eigenvalue weighted by atomic mass is 35.5. The van der Waals surface area contributed by atoms with Crippen LogP contribution in [0.25, 0.3) is 0 Å². The average molecular weight is 300 g/mol. The van der Waals surface area contributed by atoms with E-state index in [9.17, 15) is 4.79 Å². The lowest BCUT2D eigenvalue weighted by Crippen LogP contribution is -2.22. The van der Waals surface area contributed by atoms with Gasteiger partial charge in [0.1, 0.15) is 6.07 Å². The van der Waals surface area contributed by atoms with Crippen LogP contribution in [0.2, 0.25) is 5.02 Å². The Morgan fingerprint density at radius 2 is 2.05 bits per heavy atom. The summed E-state index contributed by atoms with van der Waals surface area (Å²) in [7, 11) is 0. The number of amides is 1. The van der Waals surface area contributed by atoms with Gasteiger partial charge >= 0.3 is 0 Å². The smallest absolute Gasteiger partial charge is 0.243 e. The molecule has 0 aliphatic heterocycles. The van der Waals surface area contributed by atoms with Gasteiger partial charge in [0.05, 0.1) is 17.8 Å². The largest absolute Gasteiger partial charge is 0.376 e. The first kappa shape index (κ1) is 14.9. The molecule has 0 aliphatic carbocycles. The molecule has 106 valence electrons. The summed E-state index contributed by atoms with van der Waals surface area (Å²) >= 11 is 6.02. The van der Waals surface area contributed by atoms with Gasteiger partial charge in [-0.1, -0.05) is 29.8 Å². The molecule has 5 heteroatoms. The molecule has 2 rings (SSSR count). The summed E-state index contributed by atoms with van der Waals surface area (Å²) in [6.07, 6.45) is 0. The predicted octanol–water partition coefficient (Wildman–Crippen LogP) is 3.57. The molecule has 0 radical (unpaired) electrons. The standard InChI is InChI=1S/C16H14ClN3O/c1-11-6-7-13(8-14(11)17)19-10-16(21)20-15-5-3-2-4-12(15)9-18/h2-8,19H,10H2,1H3,(H,20,21). The Labute approximate surface area is 128 Å². The number of carbonyl (C=O) groups is 1. The van der Waals surface area contributed by atoms with Crippen molar-refractivity contribution in [1.29, 1.82) is 5.26 Å². The van der Waals surface area contributed by atoms with Crippen molar-refractivity contribution in [3.05, 3.63) is 58.6 Å². The van der Waals surface area contributed by atoms with Crippen LogP contribution in [0.5, 0.6) is 0 Å². The fraction of sp³-hybridized carbons (Fsp3) is 0.125. The monoisotopic (exact) mass is 299 g/mol. The first-order valence-corrected chi connectivity index (χ1v) is 6.77. The number of aryl methyl sites for hydroxylation is 1. The molecule has 1 amide bonds. The minimum Gasteiger partial charge on any atom is -0.376 e. The van der Waals surface area contributed by atoms with Crippen molar-refractivity contribution in [2.45, 2.75) is 6.92 Å². The molecule has 0 fully saturated rings. The van der Waals surface area contributed by atoms with Crippen molar-refractivity contribution in [3.63, 3.8) is 0 Å². The van der Waals surface area contributed by atoms with Crippen LogP contribution in [0, 0.1) is 18.3 Å². The van der Waals surface area contributed by atoms with Crippen LogP contribution in [0.3, 0.4) is 0 Å². The Kier molecular flexibility index (Phi) is 4.81. The van der Waals surface area contributed by atoms with Crippen LogP contribution in [-0.4, -0.2) is 12.5 Å². The van der Waals surface area contributed by atoms with Crippen LogP contribution in [0.4, 0.5) is 11.4 Å². The molecule has 2 N–H and O–H groups in total. The van der Waals surface area contributed by atoms with Gasteiger partial charge in [-0.15, -0.1) is 0 Å². The normalized spacial score (nSPS) is 9.76. The molecular weight excluding hydrogens is 286 g/mol. The minimum absolute atomic E-state index is 0.0964. The van der Waals surface area contributed by atoms with Crippen LogP contribution in [0.15, 0.2) is 42.5 Å². The predicted molar refractivity (Wildman–Crippen MR) is 84.5 cm³/mol. The van der Waals surface area contributed by atoms with Gasteiger partial charge in [-0.25, -0.2) is 0 Å². The number of para-hydroxylation sites is 1. The SMILES string of the molecule is Cc1ccc(NCC(=O)Nc2ccccc2C#N)cc1Cl. The van der Waals surface area contributed by atoms with Crippen molar-refractivity contribution < 1.29 is 4.79 Å². The molecule has 0 bridgehead atoms. The van der Waals surface area contributed by atoms with Crippen molar-refractivity contribution in [3.8, 4) is 6.07 Å². The molecule has 2 aromatic carbocycles. The Morgan fingerprint density at radius 3 is 2.76 bits per heavy atom. The van der Waals surface area contributed by atoms with Gasteiger partial charge in [0, 0.05) is 10.7 Å². The van der Waals surface area contributed by atoms with Crippen LogP contribution >= 0.6 is 11.6 Å². The van der Waals surface area contributed by atoms with E-state index in [0.717, 1.165) is 11.3 Å². The molecule has 0 aromatic heterocycles. The summed E-state index contributed by atoms with van der Waals surface area (Å²) in [4.78, 5) is 11.9. The van der Waals surface area contributed by atoms with Crippen LogP contribution in [-0.2, 0) is 4.79 Å². The fourth-order valence-electron chi connectivity index (χ4n) is 1.77. The quantitative estimate of drug-likeness (QED) is 0.907. The van der Waals surface area contributed by atoms with E-state index in [-0.39, 0.29) is 12.5 Å². The molecule has 0 heterocycles. The van der Waals surface area contributed by atoms with E-state index < -0.39 is 0 Å². The fourth-order valence-corrected chi connectivity index (χ4v) is 1.95. The first-order valence-electron chi connectivity index (χ1n) is 6.39. The number of nitriles is 1. The van der Waals surface area contributed by atoms with Crippen molar-refractivity contribution >= 4 is 28.9 Å². The van der Waals surface area contributed by atoms with E-state index >= 15 is 0 Å². The summed E-state index contributed by atoms with van der Waals surface area (Å²) in [5.41, 5.74) is 2.70. The Bertz CT molecular complexity index is 707. The zero-order valence-electron chi connectivity index (χ0n) is 11.5. The highest BCUT2D eigenvalue weighted by Gasteiger charge is 2.06. The summed E-state index contributed by atoms with van der Waals surface area (Å²) in [5, 5.41) is 15.3. The van der Waals surface area contributed by atoms with Gasteiger partial charge in [0.25, 0.3) is 0 Å². The van der Waals surface area contributed by atoms with Crippen LogP contribution < -0.4 is 10.6 Å². The maximum absolute atomic E-state index is 11.9. The van der Waals surface area contributed by atoms with E-state index in [0.29, 0.717) is 16.3 Å². The van der Waals surface area contributed by atoms with Gasteiger partial charge < -0.3 is 10.6 Å². The molecule has 0 atom stereocenters. The Hall–Kier alpha value is -2.51. The number of rotatable bonds is 4. The van der Waals surface area contributed by atoms with E-state index in [1.54, 1.807) is 30.3 Å². The second kappa shape index (κ2) is 6.78. The summed E-state index contributed by atoms with van der Waals surface area (Å²) < 4.78 is 0. The Balaban J connectivity index is 1.96. The third-order valence-corrected chi connectivity index (χ3v) is 3.35. The second-order valence-electron chi connectivity index (χ2n) is 4.52. The molecule has 0 spiro atoms. The maximum Gasteiger partial charge on any atom is 0.243 e. The van der Waals surface area contributed by atoms with E-state index in [4.69, 9.17) is 16.9 Å². The lowest BCUT2D eigenvalue weighted by Gasteiger charge is -2.09. The van der Waals surface area contributed by atoms with Crippen LogP contribution in [0.1, 0.15) is 11.1 Å². The van der Waals surface area contributed by atoms with E-state index in [1.807, 2.05) is 25.1 Å². The molecule has 0 saturated heterocycles. The molecule has 21 heavy (non-hydrogen) atoms. The van der Waals surface area contributed by atoms with E-state index in [1.165, 1.54) is 0 Å². The number of nitrogens with one attached hydrogen (secondary N) is 2. The third kappa shape index (κ3) is 3.98. The van der Waals surface area contributed by atoms with Crippen molar-refractivity contribution in [1.82, 2.24) is 0 Å². The highest BCUT2D eigenvalue weighted by Crippen LogP contribution is 2.20. The Morgan fingerprint density at radius 1 is 1.29 bits per heavy atom.